The number of nitrogens with one attached hydrogen (secondary N) is 2. The molecule has 1 fully saturated rings. The van der Waals surface area contributed by atoms with Crippen LogP contribution in [0.25, 0.3) is 0 Å². The molecule has 3 rings (SSSR count). The monoisotopic (exact) mass is 475 g/mol. The van der Waals surface area contributed by atoms with E-state index in [4.69, 9.17) is 4.42 Å². The summed E-state index contributed by atoms with van der Waals surface area (Å²) in [5, 5.41) is 2.95. The van der Waals surface area contributed by atoms with E-state index in [1.54, 1.807) is 23.1 Å². The number of carbonyl (C=O) groups is 2. The Hall–Kier alpha value is -2.65. The molecule has 0 saturated carbocycles. The fraction of sp³-hybridized carbons (Fsp3) is 0.500. The molecule has 1 aliphatic rings. The standard InChI is InChI=1S/C24H33N3O5S/c1-17-12-16-32-22(17)23(29)26-19-10-14-27(15-11-19)21(28)9-13-25-33(30,31)20-7-5-18(6-8-20)24(2,3)4/h5-8,12,16,19,25H,9-11,13-15H2,1-4H3,(H,26,29). The Kier molecular flexibility index (Phi) is 7.64. The highest BCUT2D eigenvalue weighted by atomic mass is 32.2. The van der Waals surface area contributed by atoms with Crippen molar-refractivity contribution in [2.45, 2.75) is 63.3 Å². The Balaban J connectivity index is 1.43. The number of amides is 2. The summed E-state index contributed by atoms with van der Waals surface area (Å²) in [6, 6.07) is 8.53. The molecule has 33 heavy (non-hydrogen) atoms. The van der Waals surface area contributed by atoms with Gasteiger partial charge in [-0.05, 0) is 48.9 Å². The molecule has 9 heteroatoms. The van der Waals surface area contributed by atoms with Crippen molar-refractivity contribution in [3.05, 3.63) is 53.5 Å². The number of nitrogens with zero attached hydrogens (tertiary/aromatic N) is 1. The van der Waals surface area contributed by atoms with E-state index in [1.165, 1.54) is 6.26 Å². The van der Waals surface area contributed by atoms with E-state index < -0.39 is 10.0 Å². The van der Waals surface area contributed by atoms with Crippen LogP contribution < -0.4 is 10.0 Å². The molecule has 180 valence electrons. The molecule has 0 spiro atoms. The van der Waals surface area contributed by atoms with E-state index >= 15 is 0 Å². The van der Waals surface area contributed by atoms with Crippen molar-refractivity contribution < 1.29 is 22.4 Å². The SMILES string of the molecule is Cc1ccoc1C(=O)NC1CCN(C(=O)CCNS(=O)(=O)c2ccc(C(C)(C)C)cc2)CC1. The molecule has 0 aliphatic carbocycles. The smallest absolute Gasteiger partial charge is 0.287 e. The molecule has 1 aromatic carbocycles. The Morgan fingerprint density at radius 1 is 1.09 bits per heavy atom. The lowest BCUT2D eigenvalue weighted by atomic mass is 9.87. The first kappa shape index (κ1) is 25.0. The molecule has 2 heterocycles. The highest BCUT2D eigenvalue weighted by Crippen LogP contribution is 2.23. The van der Waals surface area contributed by atoms with Gasteiger partial charge in [-0.1, -0.05) is 32.9 Å². The molecule has 1 aromatic heterocycles. The zero-order valence-corrected chi connectivity index (χ0v) is 20.5. The normalized spacial score (nSPS) is 15.5. The number of aryl methyl sites for hydroxylation is 1. The topological polar surface area (TPSA) is 109 Å². The van der Waals surface area contributed by atoms with E-state index in [1.807, 2.05) is 19.1 Å². The number of hydrogen-bond donors (Lipinski definition) is 2. The predicted octanol–water partition coefficient (Wildman–Crippen LogP) is 2.97. The van der Waals surface area contributed by atoms with Gasteiger partial charge in [-0.15, -0.1) is 0 Å². The summed E-state index contributed by atoms with van der Waals surface area (Å²) in [6.45, 7) is 9.08. The van der Waals surface area contributed by atoms with Crippen LogP contribution in [0.1, 0.15) is 61.7 Å². The minimum atomic E-state index is -3.67. The van der Waals surface area contributed by atoms with E-state index in [-0.39, 0.29) is 41.1 Å². The summed E-state index contributed by atoms with van der Waals surface area (Å²) < 4.78 is 32.8. The second kappa shape index (κ2) is 10.1. The Labute approximate surface area is 195 Å². The lowest BCUT2D eigenvalue weighted by Gasteiger charge is -2.32. The molecular weight excluding hydrogens is 442 g/mol. The molecule has 1 aliphatic heterocycles. The summed E-state index contributed by atoms with van der Waals surface area (Å²) in [4.78, 5) is 26.7. The maximum absolute atomic E-state index is 12.5. The average molecular weight is 476 g/mol. The van der Waals surface area contributed by atoms with Crippen molar-refractivity contribution in [3.63, 3.8) is 0 Å². The van der Waals surface area contributed by atoms with Gasteiger partial charge < -0.3 is 14.6 Å². The number of furan rings is 1. The average Bonchev–Trinajstić information content (AvgIpc) is 3.19. The lowest BCUT2D eigenvalue weighted by molar-refractivity contribution is -0.132. The van der Waals surface area contributed by atoms with Gasteiger partial charge in [-0.25, -0.2) is 13.1 Å². The molecular formula is C24H33N3O5S. The lowest BCUT2D eigenvalue weighted by Crippen LogP contribution is -2.47. The van der Waals surface area contributed by atoms with Gasteiger partial charge in [0.1, 0.15) is 0 Å². The van der Waals surface area contributed by atoms with Crippen LogP contribution in [0.5, 0.6) is 0 Å². The van der Waals surface area contributed by atoms with Gasteiger partial charge in [0, 0.05) is 37.7 Å². The van der Waals surface area contributed by atoms with Crippen LogP contribution in [0, 0.1) is 6.92 Å². The molecule has 0 bridgehead atoms. The first-order valence-corrected chi connectivity index (χ1v) is 12.7. The van der Waals surface area contributed by atoms with Crippen LogP contribution in [-0.2, 0) is 20.2 Å². The molecule has 8 nitrogen and oxygen atoms in total. The number of rotatable bonds is 7. The minimum absolute atomic E-state index is 0.0272. The number of hydrogen-bond acceptors (Lipinski definition) is 5. The molecule has 2 aromatic rings. The molecule has 2 amide bonds. The van der Waals surface area contributed by atoms with Gasteiger partial charge in [0.2, 0.25) is 15.9 Å². The van der Waals surface area contributed by atoms with E-state index in [0.29, 0.717) is 31.7 Å². The zero-order valence-electron chi connectivity index (χ0n) is 19.7. The number of sulfonamides is 1. The fourth-order valence-corrected chi connectivity index (χ4v) is 4.83. The van der Waals surface area contributed by atoms with E-state index in [2.05, 4.69) is 30.8 Å². The maximum atomic E-state index is 12.5. The molecule has 2 N–H and O–H groups in total. The van der Waals surface area contributed by atoms with Gasteiger partial charge in [-0.2, -0.15) is 0 Å². The van der Waals surface area contributed by atoms with Crippen LogP contribution in [0.4, 0.5) is 0 Å². The van der Waals surface area contributed by atoms with Crippen LogP contribution in [0.3, 0.4) is 0 Å². The Morgan fingerprint density at radius 3 is 2.27 bits per heavy atom. The zero-order chi connectivity index (χ0) is 24.2. The predicted molar refractivity (Wildman–Crippen MR) is 125 cm³/mol. The van der Waals surface area contributed by atoms with Gasteiger partial charge >= 0.3 is 0 Å². The first-order chi connectivity index (χ1) is 15.5. The summed E-state index contributed by atoms with van der Waals surface area (Å²) in [6.07, 6.45) is 2.86. The minimum Gasteiger partial charge on any atom is -0.459 e. The van der Waals surface area contributed by atoms with E-state index in [0.717, 1.165) is 11.1 Å². The molecule has 0 atom stereocenters. The molecule has 1 saturated heterocycles. The largest absolute Gasteiger partial charge is 0.459 e. The highest BCUT2D eigenvalue weighted by Gasteiger charge is 2.25. The van der Waals surface area contributed by atoms with Crippen molar-refractivity contribution in [2.75, 3.05) is 19.6 Å². The van der Waals surface area contributed by atoms with Crippen molar-refractivity contribution in [2.24, 2.45) is 0 Å². The van der Waals surface area contributed by atoms with Crippen LogP contribution in [0.15, 0.2) is 45.9 Å². The highest BCUT2D eigenvalue weighted by molar-refractivity contribution is 7.89. The quantitative estimate of drug-likeness (QED) is 0.640. The van der Waals surface area contributed by atoms with E-state index in [9.17, 15) is 18.0 Å². The van der Waals surface area contributed by atoms with Crippen LogP contribution >= 0.6 is 0 Å². The van der Waals surface area contributed by atoms with Gasteiger partial charge in [-0.3, -0.25) is 9.59 Å². The van der Waals surface area contributed by atoms with Gasteiger partial charge in [0.25, 0.3) is 5.91 Å². The molecule has 0 unspecified atom stereocenters. The third-order valence-electron chi connectivity index (χ3n) is 5.91. The third kappa shape index (κ3) is 6.45. The fourth-order valence-electron chi connectivity index (χ4n) is 3.80. The third-order valence-corrected chi connectivity index (χ3v) is 7.39. The number of piperidine rings is 1. The van der Waals surface area contributed by atoms with Crippen molar-refractivity contribution in [1.82, 2.24) is 14.9 Å². The van der Waals surface area contributed by atoms with Gasteiger partial charge in [0.15, 0.2) is 5.76 Å². The van der Waals surface area contributed by atoms with Crippen LogP contribution in [-0.4, -0.2) is 50.8 Å². The summed E-state index contributed by atoms with van der Waals surface area (Å²) >= 11 is 0. The summed E-state index contributed by atoms with van der Waals surface area (Å²) in [7, 11) is -3.67. The van der Waals surface area contributed by atoms with Crippen LogP contribution in [0.2, 0.25) is 0 Å². The van der Waals surface area contributed by atoms with Crippen molar-refractivity contribution in [3.8, 4) is 0 Å². The number of benzene rings is 1. The molecule has 0 radical (unpaired) electrons. The maximum Gasteiger partial charge on any atom is 0.287 e. The second-order valence-corrected chi connectivity index (χ2v) is 11.3. The summed E-state index contributed by atoms with van der Waals surface area (Å²) in [5.41, 5.74) is 1.78. The van der Waals surface area contributed by atoms with Crippen molar-refractivity contribution >= 4 is 21.8 Å². The Morgan fingerprint density at radius 2 is 1.73 bits per heavy atom. The number of likely N-dealkylation sites (tertiary alicyclic amines) is 1. The number of carbonyl (C=O) groups excluding carboxylic acids is 2. The van der Waals surface area contributed by atoms with Crippen molar-refractivity contribution in [1.29, 1.82) is 0 Å². The van der Waals surface area contributed by atoms with Gasteiger partial charge in [0.05, 0.1) is 11.2 Å². The summed E-state index contributed by atoms with van der Waals surface area (Å²) in [5.74, 6) is -0.0338. The first-order valence-electron chi connectivity index (χ1n) is 11.2. The Bertz CT molecular complexity index is 1080. The second-order valence-electron chi connectivity index (χ2n) is 9.48.